The molecule has 2 saturated heterocycles. The molecule has 18 heavy (non-hydrogen) atoms. The van der Waals surface area contributed by atoms with Crippen LogP contribution in [-0.2, 0) is 19.7 Å². The van der Waals surface area contributed by atoms with E-state index in [-0.39, 0.29) is 18.4 Å². The van der Waals surface area contributed by atoms with Crippen LogP contribution in [0.25, 0.3) is 0 Å². The summed E-state index contributed by atoms with van der Waals surface area (Å²) in [5.74, 6) is -0.627. The summed E-state index contributed by atoms with van der Waals surface area (Å²) in [5, 5.41) is 0. The van der Waals surface area contributed by atoms with Gasteiger partial charge in [-0.25, -0.2) is 0 Å². The Bertz CT molecular complexity index is 403. The quantitative estimate of drug-likeness (QED) is 0.691. The number of esters is 1. The summed E-state index contributed by atoms with van der Waals surface area (Å²) in [5.41, 5.74) is 0. The minimum absolute atomic E-state index is 0.255. The first-order valence-electron chi connectivity index (χ1n) is 6.39. The van der Waals surface area contributed by atoms with Crippen molar-refractivity contribution in [1.82, 2.24) is 8.61 Å². The maximum absolute atomic E-state index is 12.3. The van der Waals surface area contributed by atoms with Gasteiger partial charge in [0.1, 0.15) is 0 Å². The van der Waals surface area contributed by atoms with Gasteiger partial charge in [-0.15, -0.1) is 0 Å². The molecule has 2 rings (SSSR count). The number of hydrogen-bond donors (Lipinski definition) is 0. The van der Waals surface area contributed by atoms with Crippen molar-refractivity contribution in [1.29, 1.82) is 0 Å². The monoisotopic (exact) mass is 276 g/mol. The van der Waals surface area contributed by atoms with E-state index < -0.39 is 10.2 Å². The highest BCUT2D eigenvalue weighted by Gasteiger charge is 2.37. The standard InChI is InChI=1S/C11H20N2O4S/c1-17-11(14)10-5-4-8-13(9-10)18(15,16)12-6-2-3-7-12/h10H,2-9H2,1H3/t10-/m0/s1. The highest BCUT2D eigenvalue weighted by molar-refractivity contribution is 7.86. The lowest BCUT2D eigenvalue weighted by Crippen LogP contribution is -2.48. The van der Waals surface area contributed by atoms with Crippen LogP contribution in [0.2, 0.25) is 0 Å². The largest absolute Gasteiger partial charge is 0.469 e. The molecule has 0 aliphatic carbocycles. The number of piperidine rings is 1. The fourth-order valence-electron chi connectivity index (χ4n) is 2.59. The average molecular weight is 276 g/mol. The maximum atomic E-state index is 12.3. The molecule has 0 unspecified atom stereocenters. The first-order chi connectivity index (χ1) is 8.55. The van der Waals surface area contributed by atoms with Crippen molar-refractivity contribution in [2.24, 2.45) is 5.92 Å². The van der Waals surface area contributed by atoms with Gasteiger partial charge in [0.15, 0.2) is 0 Å². The fraction of sp³-hybridized carbons (Fsp3) is 0.909. The molecule has 6 nitrogen and oxygen atoms in total. The predicted molar refractivity (Wildman–Crippen MR) is 66.0 cm³/mol. The van der Waals surface area contributed by atoms with Crippen LogP contribution in [0.5, 0.6) is 0 Å². The molecule has 0 N–H and O–H groups in total. The topological polar surface area (TPSA) is 66.9 Å². The summed E-state index contributed by atoms with van der Waals surface area (Å²) in [6.07, 6.45) is 3.27. The second kappa shape index (κ2) is 5.54. The van der Waals surface area contributed by atoms with Gasteiger partial charge in [0.05, 0.1) is 13.0 Å². The zero-order chi connectivity index (χ0) is 13.2. The first kappa shape index (κ1) is 13.8. The lowest BCUT2D eigenvalue weighted by atomic mass is 10.0. The summed E-state index contributed by atoms with van der Waals surface area (Å²) >= 11 is 0. The molecule has 1 atom stereocenters. The van der Waals surface area contributed by atoms with Crippen molar-refractivity contribution in [3.05, 3.63) is 0 Å². The molecule has 0 radical (unpaired) electrons. The Morgan fingerprint density at radius 2 is 1.72 bits per heavy atom. The lowest BCUT2D eigenvalue weighted by Gasteiger charge is -2.33. The van der Waals surface area contributed by atoms with Crippen molar-refractivity contribution in [3.8, 4) is 0 Å². The molecule has 0 aromatic carbocycles. The highest BCUT2D eigenvalue weighted by Crippen LogP contribution is 2.24. The van der Waals surface area contributed by atoms with Gasteiger partial charge >= 0.3 is 5.97 Å². The number of rotatable bonds is 3. The highest BCUT2D eigenvalue weighted by atomic mass is 32.2. The molecule has 2 aliphatic rings. The van der Waals surface area contributed by atoms with Crippen molar-refractivity contribution in [3.63, 3.8) is 0 Å². The SMILES string of the molecule is COC(=O)[C@H]1CCCN(S(=O)(=O)N2CCCC2)C1. The van der Waals surface area contributed by atoms with Crippen LogP contribution in [-0.4, -0.2) is 56.3 Å². The van der Waals surface area contributed by atoms with Crippen molar-refractivity contribution in [2.45, 2.75) is 25.7 Å². The van der Waals surface area contributed by atoms with Gasteiger partial charge in [-0.1, -0.05) is 0 Å². The Labute approximate surface area is 108 Å². The number of hydrogen-bond acceptors (Lipinski definition) is 4. The summed E-state index contributed by atoms with van der Waals surface area (Å²) in [6.45, 7) is 1.96. The van der Waals surface area contributed by atoms with Gasteiger partial charge in [0.25, 0.3) is 10.2 Å². The molecular formula is C11H20N2O4S. The van der Waals surface area contributed by atoms with Gasteiger partial charge in [-0.05, 0) is 25.7 Å². The molecule has 0 saturated carbocycles. The molecule has 2 aliphatic heterocycles. The van der Waals surface area contributed by atoms with Crippen molar-refractivity contribution < 1.29 is 17.9 Å². The molecule has 2 fully saturated rings. The van der Waals surface area contributed by atoms with E-state index in [9.17, 15) is 13.2 Å². The molecule has 0 aromatic heterocycles. The molecular weight excluding hydrogens is 256 g/mol. The van der Waals surface area contributed by atoms with E-state index in [1.54, 1.807) is 0 Å². The van der Waals surface area contributed by atoms with Crippen LogP contribution < -0.4 is 0 Å². The third kappa shape index (κ3) is 2.67. The number of ether oxygens (including phenoxy) is 1. The second-order valence-corrected chi connectivity index (χ2v) is 6.76. The van der Waals surface area contributed by atoms with Crippen molar-refractivity contribution >= 4 is 16.2 Å². The van der Waals surface area contributed by atoms with Gasteiger partial charge in [0.2, 0.25) is 0 Å². The Hall–Kier alpha value is -0.660. The van der Waals surface area contributed by atoms with Crippen molar-refractivity contribution in [2.75, 3.05) is 33.3 Å². The summed E-state index contributed by atoms with van der Waals surface area (Å²) in [6, 6.07) is 0. The molecule has 104 valence electrons. The van der Waals surface area contributed by atoms with E-state index >= 15 is 0 Å². The van der Waals surface area contributed by atoms with Crippen LogP contribution >= 0.6 is 0 Å². The minimum Gasteiger partial charge on any atom is -0.469 e. The summed E-state index contributed by atoms with van der Waals surface area (Å²) < 4.78 is 32.3. The van der Waals surface area contributed by atoms with Gasteiger partial charge in [-0.2, -0.15) is 17.0 Å². The predicted octanol–water partition coefficient (Wildman–Crippen LogP) is 0.212. The summed E-state index contributed by atoms with van der Waals surface area (Å²) in [4.78, 5) is 11.5. The lowest BCUT2D eigenvalue weighted by molar-refractivity contribution is -0.146. The Morgan fingerprint density at radius 1 is 1.11 bits per heavy atom. The number of carbonyl (C=O) groups is 1. The molecule has 0 amide bonds. The first-order valence-corrected chi connectivity index (χ1v) is 7.78. The third-order valence-electron chi connectivity index (χ3n) is 3.64. The molecule has 0 aromatic rings. The van der Waals surface area contributed by atoms with Gasteiger partial charge in [-0.3, -0.25) is 4.79 Å². The molecule has 7 heteroatoms. The normalized spacial score (nSPS) is 27.3. The third-order valence-corrected chi connectivity index (χ3v) is 5.64. The number of carbonyl (C=O) groups excluding carboxylic acids is 1. The van der Waals surface area contributed by atoms with E-state index in [1.807, 2.05) is 0 Å². The zero-order valence-electron chi connectivity index (χ0n) is 10.7. The van der Waals surface area contributed by atoms with Crippen LogP contribution in [0.1, 0.15) is 25.7 Å². The maximum Gasteiger partial charge on any atom is 0.309 e. The van der Waals surface area contributed by atoms with E-state index in [0.717, 1.165) is 12.8 Å². The zero-order valence-corrected chi connectivity index (χ0v) is 11.5. The van der Waals surface area contributed by atoms with E-state index in [1.165, 1.54) is 15.7 Å². The number of nitrogens with zero attached hydrogens (tertiary/aromatic N) is 2. The second-order valence-electron chi connectivity index (χ2n) is 4.83. The van der Waals surface area contributed by atoms with Gasteiger partial charge < -0.3 is 4.74 Å². The summed E-state index contributed by atoms with van der Waals surface area (Å²) in [7, 11) is -2.03. The Morgan fingerprint density at radius 3 is 2.33 bits per heavy atom. The molecule has 2 heterocycles. The van der Waals surface area contributed by atoms with Crippen LogP contribution in [0.15, 0.2) is 0 Å². The van der Waals surface area contributed by atoms with E-state index in [0.29, 0.717) is 32.5 Å². The van der Waals surface area contributed by atoms with E-state index in [2.05, 4.69) is 0 Å². The van der Waals surface area contributed by atoms with Crippen LogP contribution in [0, 0.1) is 5.92 Å². The van der Waals surface area contributed by atoms with E-state index in [4.69, 9.17) is 4.74 Å². The van der Waals surface area contributed by atoms with Gasteiger partial charge in [0, 0.05) is 26.2 Å². The Kier molecular flexibility index (Phi) is 4.24. The molecule has 0 bridgehead atoms. The fourth-order valence-corrected chi connectivity index (χ4v) is 4.37. The smallest absolute Gasteiger partial charge is 0.309 e. The Balaban J connectivity index is 2.06. The van der Waals surface area contributed by atoms with Crippen LogP contribution in [0.3, 0.4) is 0 Å². The minimum atomic E-state index is -3.38. The molecule has 0 spiro atoms. The van der Waals surface area contributed by atoms with Crippen LogP contribution in [0.4, 0.5) is 0 Å². The number of methoxy groups -OCH3 is 1. The average Bonchev–Trinajstić information content (AvgIpc) is 2.92.